The second-order valence-corrected chi connectivity index (χ2v) is 13.5. The van der Waals surface area contributed by atoms with Gasteiger partial charge in [-0.1, -0.05) is 48.5 Å². The minimum atomic E-state index is -4.81. The molecule has 24 heteroatoms. The number of non-ortho nitro benzene ring substituents is 2. The number of rotatable bonds is 8. The van der Waals surface area contributed by atoms with Gasteiger partial charge in [0.2, 0.25) is 0 Å². The van der Waals surface area contributed by atoms with Gasteiger partial charge in [-0.2, -0.15) is 8.42 Å². The van der Waals surface area contributed by atoms with Gasteiger partial charge in [-0.15, -0.1) is 20.5 Å². The average Bonchev–Trinajstić information content (AvgIpc) is 3.20. The number of phenols is 4. The van der Waals surface area contributed by atoms with Crippen molar-refractivity contribution in [3.63, 3.8) is 0 Å². The number of amides is 1. The van der Waals surface area contributed by atoms with Gasteiger partial charge >= 0.3 is 65.2 Å². The number of carbonyl (C=O) groups is 1. The summed E-state index contributed by atoms with van der Waals surface area (Å²) >= 11 is 0. The summed E-state index contributed by atoms with van der Waals surface area (Å²) in [5, 5.41) is 83.2. The van der Waals surface area contributed by atoms with E-state index in [-0.39, 0.29) is 127 Å². The number of nitrogens with zero attached hydrogens (tertiary/aromatic N) is 6. The van der Waals surface area contributed by atoms with E-state index >= 15 is 0 Å². The van der Waals surface area contributed by atoms with Crippen LogP contribution in [0.1, 0.15) is 0 Å². The van der Waals surface area contributed by atoms with E-state index in [1.165, 1.54) is 37.4 Å². The van der Waals surface area contributed by atoms with Gasteiger partial charge in [-0.25, -0.2) is 4.79 Å². The van der Waals surface area contributed by atoms with Crippen molar-refractivity contribution < 1.29 is 129 Å². The van der Waals surface area contributed by atoms with Crippen molar-refractivity contribution in [1.82, 2.24) is 0 Å². The van der Waals surface area contributed by atoms with E-state index < -0.39 is 48.1 Å². The van der Waals surface area contributed by atoms with Crippen molar-refractivity contribution in [2.24, 2.45) is 20.5 Å². The van der Waals surface area contributed by atoms with Crippen molar-refractivity contribution in [3.05, 3.63) is 129 Å². The van der Waals surface area contributed by atoms with Gasteiger partial charge in [0.1, 0.15) is 50.6 Å². The summed E-state index contributed by atoms with van der Waals surface area (Å²) in [6.45, 7) is 0. The molecule has 62 heavy (non-hydrogen) atoms. The molecule has 304 valence electrons. The molecule has 0 aliphatic rings. The van der Waals surface area contributed by atoms with Crippen LogP contribution in [-0.2, 0) is 32.2 Å². The van der Waals surface area contributed by atoms with Crippen molar-refractivity contribution in [1.29, 1.82) is 0 Å². The second-order valence-electron chi connectivity index (χ2n) is 12.1. The van der Waals surface area contributed by atoms with Gasteiger partial charge in [-0.3, -0.25) is 30.1 Å². The summed E-state index contributed by atoms with van der Waals surface area (Å²) in [6.07, 6.45) is -0.702. The molecular weight excluding hydrogens is 892 g/mol. The molecule has 0 saturated carbocycles. The number of benzene rings is 7. The van der Waals surface area contributed by atoms with E-state index in [2.05, 4.69) is 30.5 Å². The van der Waals surface area contributed by atoms with Crippen LogP contribution in [0.5, 0.6) is 23.0 Å². The first-order chi connectivity index (χ1) is 28.1. The van der Waals surface area contributed by atoms with E-state index in [1.807, 2.05) is 0 Å². The van der Waals surface area contributed by atoms with Gasteiger partial charge < -0.3 is 25.2 Å². The van der Waals surface area contributed by atoms with Crippen LogP contribution in [0, 0.1) is 20.2 Å². The van der Waals surface area contributed by atoms with Crippen LogP contribution in [0.25, 0.3) is 32.3 Å². The summed E-state index contributed by atoms with van der Waals surface area (Å²) in [5.74, 6) is -1.45. The average molecular weight is 920 g/mol. The van der Waals surface area contributed by atoms with Crippen molar-refractivity contribution in [2.45, 2.75) is 4.90 Å². The number of nitro groups is 2. The van der Waals surface area contributed by atoms with Gasteiger partial charge in [0.25, 0.3) is 21.5 Å². The minimum absolute atomic E-state index is 0. The Morgan fingerprint density at radius 3 is 1.82 bits per heavy atom. The Kier molecular flexibility index (Phi) is 17.4. The van der Waals surface area contributed by atoms with Crippen LogP contribution in [0.2, 0.25) is 0 Å². The Hall–Kier alpha value is -5.77. The topological polar surface area (TPSA) is 309 Å². The first-order valence-corrected chi connectivity index (χ1v) is 18.0. The zero-order valence-electron chi connectivity index (χ0n) is 32.4. The van der Waals surface area contributed by atoms with E-state index in [9.17, 15) is 58.4 Å². The maximum Gasteiger partial charge on any atom is 1.00 e. The van der Waals surface area contributed by atoms with Crippen LogP contribution in [0.4, 0.5) is 44.6 Å². The molecule has 7 rings (SSSR count). The number of phenolic OH excluding ortho intramolecular Hbond substituents is 4. The molecule has 0 fully saturated rings. The largest absolute Gasteiger partial charge is 1.00 e. The molecule has 20 nitrogen and oxygen atoms in total. The zero-order valence-corrected chi connectivity index (χ0v) is 38.5. The van der Waals surface area contributed by atoms with Crippen LogP contribution in [0.3, 0.4) is 0 Å². The third-order valence-corrected chi connectivity index (χ3v) is 9.39. The number of aromatic hydroxyl groups is 4. The molecule has 0 unspecified atom stereocenters. The molecule has 0 bridgehead atoms. The van der Waals surface area contributed by atoms with E-state index in [4.69, 9.17) is 0 Å². The molecule has 0 aliphatic carbocycles. The van der Waals surface area contributed by atoms with Gasteiger partial charge in [-0.05, 0) is 41.1 Å². The number of hydrogen-bond donors (Lipinski definition) is 6. The molecule has 0 aromatic heterocycles. The molecule has 7 aromatic carbocycles. The smallest absolute Gasteiger partial charge is 0.506 e. The number of nitro benzene ring substituents is 2. The number of carbonyl (C=O) groups excluding carboxylic acids is 1. The number of ether oxygens (including phenoxy) is 1. The summed E-state index contributed by atoms with van der Waals surface area (Å²) < 4.78 is 37.6. The summed E-state index contributed by atoms with van der Waals surface area (Å²) in [7, 11) is -3.59. The van der Waals surface area contributed by atoms with Crippen LogP contribution in [0.15, 0.2) is 135 Å². The summed E-state index contributed by atoms with van der Waals surface area (Å²) in [5.41, 5.74) is -0.437. The van der Waals surface area contributed by atoms with Crippen LogP contribution >= 0.6 is 0 Å². The molecule has 0 spiro atoms. The number of hydrogen-bond acceptors (Lipinski definition) is 16. The number of anilines is 1. The van der Waals surface area contributed by atoms with Gasteiger partial charge in [0.15, 0.2) is 0 Å². The quantitative estimate of drug-likeness (QED) is 0.0417. The predicted octanol–water partition coefficient (Wildman–Crippen LogP) is 3.73. The normalized spacial score (nSPS) is 10.9. The Balaban J connectivity index is 0.000000317. The number of nitrogens with one attached hydrogen (secondary N) is 1. The van der Waals surface area contributed by atoms with Crippen molar-refractivity contribution in [2.75, 3.05) is 12.4 Å². The molecule has 0 radical (unpaired) electrons. The van der Waals surface area contributed by atoms with Crippen LogP contribution in [-0.4, -0.2) is 56.4 Å². The molecule has 0 saturated heterocycles. The fourth-order valence-electron chi connectivity index (χ4n) is 5.76. The first kappa shape index (κ1) is 50.6. The first-order valence-electron chi connectivity index (χ1n) is 16.6. The van der Waals surface area contributed by atoms with Crippen molar-refractivity contribution in [3.8, 4) is 23.0 Å². The van der Waals surface area contributed by atoms with Gasteiger partial charge in [0.05, 0.1) is 28.7 Å². The number of fused-ring (bicyclic) bond motifs is 3. The number of azo groups is 2. The third kappa shape index (κ3) is 11.2. The molecular formula is C38H27CrN7Na2O13S+2. The Morgan fingerprint density at radius 1 is 0.629 bits per heavy atom. The van der Waals surface area contributed by atoms with E-state index in [0.29, 0.717) is 21.8 Å². The SMILES string of the molecule is COC(=O)Nc1cccc2ccc(O)c(N=Nc3ccc([N+](=O)[O-])cc3O)c12.O=[N+]([O-])c1ccc2c(N=Nc3c(O)ccc4ccccc34)c(O)cc(S(=O)(=O)O)c2c1.[Cr].[Na+].[Na+]. The third-order valence-electron chi connectivity index (χ3n) is 8.50. The predicted molar refractivity (Wildman–Crippen MR) is 212 cm³/mol. The minimum Gasteiger partial charge on any atom is -0.506 e. The number of methoxy groups -OCH3 is 1. The Bertz CT molecular complexity index is 3050. The fourth-order valence-corrected chi connectivity index (χ4v) is 6.47. The maximum atomic E-state index is 11.7. The maximum absolute atomic E-state index is 11.7. The van der Waals surface area contributed by atoms with Crippen LogP contribution < -0.4 is 64.4 Å². The van der Waals surface area contributed by atoms with E-state index in [1.54, 1.807) is 54.6 Å². The monoisotopic (exact) mass is 919 g/mol. The molecule has 6 N–H and O–H groups in total. The zero-order chi connectivity index (χ0) is 42.6. The molecule has 0 atom stereocenters. The Morgan fingerprint density at radius 2 is 1.19 bits per heavy atom. The standard InChI is InChI=1S/C20H13N3O7S.C18H14N4O6.Cr.2Na/c24-16-8-5-11-3-1-2-4-13(11)19(16)21-22-20-14-7-6-12(23(26)27)9-15(14)18(10-17(20)25)31(28,29)30;1-28-18(25)19-13-4-2-3-10-5-8-14(23)17(16(10)13)21-20-12-7-6-11(22(26)27)9-15(12)24;;;/h1-10,24-25H,(H,28,29,30);2-9,23-24H,1H3,(H,19,25);;;/q;;;2*+1. The molecule has 0 heterocycles. The van der Waals surface area contributed by atoms with Crippen molar-refractivity contribution >= 4 is 88.3 Å². The molecule has 1 amide bonds. The fraction of sp³-hybridized carbons (Fsp3) is 0.0263. The summed E-state index contributed by atoms with van der Waals surface area (Å²) in [4.78, 5) is 31.4. The molecule has 0 aliphatic heterocycles. The Labute approximate surface area is 404 Å². The van der Waals surface area contributed by atoms with E-state index in [0.717, 1.165) is 29.7 Å². The van der Waals surface area contributed by atoms with Gasteiger partial charge in [0, 0.05) is 63.2 Å². The molecule has 7 aromatic rings. The summed E-state index contributed by atoms with van der Waals surface area (Å²) in [6, 6.07) is 25.6. The second kappa shape index (κ2) is 21.3.